The van der Waals surface area contributed by atoms with E-state index in [1.165, 1.54) is 0 Å². The fourth-order valence-electron chi connectivity index (χ4n) is 1.14. The largest absolute Gasteiger partial charge is 0.353 e. The molecule has 0 aliphatic rings. The van der Waals surface area contributed by atoms with Crippen LogP contribution >= 0.6 is 0 Å². The number of carbonyl (C=O) groups is 1. The molecule has 12 heavy (non-hydrogen) atoms. The molecular weight excluding hydrogens is 152 g/mol. The summed E-state index contributed by atoms with van der Waals surface area (Å²) in [4.78, 5) is 11.5. The average Bonchev–Trinajstić information content (AvgIpc) is 1.85. The molecule has 0 aromatic carbocycles. The molecule has 0 heterocycles. The topological polar surface area (TPSA) is 41.1 Å². The summed E-state index contributed by atoms with van der Waals surface area (Å²) in [5.41, 5.74) is 0. The zero-order valence-corrected chi connectivity index (χ0v) is 8.64. The highest BCUT2D eigenvalue weighted by molar-refractivity contribution is 5.82. The Morgan fingerprint density at radius 3 is 1.92 bits per heavy atom. The van der Waals surface area contributed by atoms with E-state index in [1.807, 2.05) is 34.7 Å². The lowest BCUT2D eigenvalue weighted by molar-refractivity contribution is -0.124. The third kappa shape index (κ3) is 3.72. The average molecular weight is 172 g/mol. The summed E-state index contributed by atoms with van der Waals surface area (Å²) in [6.45, 7) is 7.98. The smallest absolute Gasteiger partial charge is 0.237 e. The normalized spacial score (nSPS) is 13.6. The molecule has 72 valence electrons. The molecule has 1 amide bonds. The highest BCUT2D eigenvalue weighted by atomic mass is 16.2. The second-order valence-corrected chi connectivity index (χ2v) is 3.67. The molecule has 0 fully saturated rings. The Bertz CT molecular complexity index is 143. The summed E-state index contributed by atoms with van der Waals surface area (Å²) in [5, 5.41) is 5.87. The molecular formula is C9H20N2O. The molecule has 0 aromatic rings. The van der Waals surface area contributed by atoms with Crippen LogP contribution in [0.5, 0.6) is 0 Å². The van der Waals surface area contributed by atoms with Crippen LogP contribution in [0, 0.1) is 5.92 Å². The number of amides is 1. The lowest BCUT2D eigenvalue weighted by Gasteiger charge is -2.20. The maximum absolute atomic E-state index is 11.5. The van der Waals surface area contributed by atoms with Gasteiger partial charge >= 0.3 is 0 Å². The second-order valence-electron chi connectivity index (χ2n) is 3.67. The fourth-order valence-corrected chi connectivity index (χ4v) is 1.14. The molecule has 0 rings (SSSR count). The van der Waals surface area contributed by atoms with Crippen LogP contribution in [0.15, 0.2) is 0 Å². The minimum atomic E-state index is -0.0765. The van der Waals surface area contributed by atoms with Gasteiger partial charge in [-0.25, -0.2) is 0 Å². The third-order valence-electron chi connectivity index (χ3n) is 1.69. The summed E-state index contributed by atoms with van der Waals surface area (Å²) in [6.07, 6.45) is 0. The molecule has 0 saturated carbocycles. The van der Waals surface area contributed by atoms with Gasteiger partial charge in [-0.3, -0.25) is 4.79 Å². The van der Waals surface area contributed by atoms with Crippen LogP contribution < -0.4 is 10.6 Å². The van der Waals surface area contributed by atoms with Crippen molar-refractivity contribution in [2.45, 2.75) is 39.8 Å². The van der Waals surface area contributed by atoms with Crippen LogP contribution in [0.25, 0.3) is 0 Å². The van der Waals surface area contributed by atoms with Crippen molar-refractivity contribution in [3.05, 3.63) is 0 Å². The van der Waals surface area contributed by atoms with Crippen molar-refractivity contribution in [1.29, 1.82) is 0 Å². The van der Waals surface area contributed by atoms with E-state index in [0.717, 1.165) is 0 Å². The Morgan fingerprint density at radius 1 is 1.17 bits per heavy atom. The van der Waals surface area contributed by atoms with E-state index in [-0.39, 0.29) is 18.0 Å². The first-order valence-corrected chi connectivity index (χ1v) is 4.46. The monoisotopic (exact) mass is 172 g/mol. The Labute approximate surface area is 74.9 Å². The molecule has 0 aromatic heterocycles. The molecule has 0 spiro atoms. The fraction of sp³-hybridized carbons (Fsp3) is 0.889. The number of hydrogen-bond donors (Lipinski definition) is 2. The van der Waals surface area contributed by atoms with Gasteiger partial charge in [0, 0.05) is 6.04 Å². The van der Waals surface area contributed by atoms with E-state index in [9.17, 15) is 4.79 Å². The SMILES string of the molecule is CN[C@@H](C(=O)NC(C)C)C(C)C. The summed E-state index contributed by atoms with van der Waals surface area (Å²) in [5.74, 6) is 0.413. The zero-order valence-electron chi connectivity index (χ0n) is 8.64. The van der Waals surface area contributed by atoms with Gasteiger partial charge in [-0.05, 0) is 26.8 Å². The van der Waals surface area contributed by atoms with Gasteiger partial charge in [-0.15, -0.1) is 0 Å². The number of hydrogen-bond acceptors (Lipinski definition) is 2. The number of carbonyl (C=O) groups excluding carboxylic acids is 1. The van der Waals surface area contributed by atoms with Crippen LogP contribution in [0.3, 0.4) is 0 Å². The van der Waals surface area contributed by atoms with Crippen molar-refractivity contribution >= 4 is 5.91 Å². The van der Waals surface area contributed by atoms with Crippen LogP contribution in [0.2, 0.25) is 0 Å². The van der Waals surface area contributed by atoms with E-state index in [0.29, 0.717) is 5.92 Å². The molecule has 3 nitrogen and oxygen atoms in total. The highest BCUT2D eigenvalue weighted by Gasteiger charge is 2.19. The van der Waals surface area contributed by atoms with Gasteiger partial charge in [0.15, 0.2) is 0 Å². The van der Waals surface area contributed by atoms with E-state index in [1.54, 1.807) is 0 Å². The zero-order chi connectivity index (χ0) is 9.72. The molecule has 1 atom stereocenters. The van der Waals surface area contributed by atoms with Crippen molar-refractivity contribution in [2.75, 3.05) is 7.05 Å². The van der Waals surface area contributed by atoms with Crippen molar-refractivity contribution in [3.8, 4) is 0 Å². The van der Waals surface area contributed by atoms with Crippen LogP contribution in [-0.2, 0) is 4.79 Å². The first kappa shape index (κ1) is 11.4. The van der Waals surface area contributed by atoms with E-state index in [4.69, 9.17) is 0 Å². The van der Waals surface area contributed by atoms with E-state index in [2.05, 4.69) is 10.6 Å². The predicted octanol–water partition coefficient (Wildman–Crippen LogP) is 0.755. The Kier molecular flexibility index (Phi) is 4.90. The van der Waals surface area contributed by atoms with Crippen molar-refractivity contribution < 1.29 is 4.79 Å². The standard InChI is InChI=1S/C9H20N2O/c1-6(2)8(10-5)9(12)11-7(3)4/h6-8,10H,1-5H3,(H,11,12)/t8-/m1/s1. The highest BCUT2D eigenvalue weighted by Crippen LogP contribution is 2.00. The van der Waals surface area contributed by atoms with E-state index >= 15 is 0 Å². The quantitative estimate of drug-likeness (QED) is 0.657. The summed E-state index contributed by atoms with van der Waals surface area (Å²) < 4.78 is 0. The number of likely N-dealkylation sites (N-methyl/N-ethyl adjacent to an activating group) is 1. The molecule has 0 unspecified atom stereocenters. The van der Waals surface area contributed by atoms with Crippen molar-refractivity contribution in [1.82, 2.24) is 10.6 Å². The lowest BCUT2D eigenvalue weighted by atomic mass is 10.0. The van der Waals surface area contributed by atoms with Gasteiger partial charge in [-0.2, -0.15) is 0 Å². The van der Waals surface area contributed by atoms with Gasteiger partial charge in [0.25, 0.3) is 0 Å². The molecule has 0 aliphatic carbocycles. The first-order chi connectivity index (χ1) is 5.49. The maximum atomic E-state index is 11.5. The Balaban J connectivity index is 4.04. The van der Waals surface area contributed by atoms with Crippen molar-refractivity contribution in [2.24, 2.45) is 5.92 Å². The minimum Gasteiger partial charge on any atom is -0.353 e. The lowest BCUT2D eigenvalue weighted by Crippen LogP contribution is -2.47. The van der Waals surface area contributed by atoms with Gasteiger partial charge in [0.1, 0.15) is 0 Å². The summed E-state index contributed by atoms with van der Waals surface area (Å²) in [6, 6.07) is 0.138. The van der Waals surface area contributed by atoms with Crippen LogP contribution in [-0.4, -0.2) is 25.0 Å². The van der Waals surface area contributed by atoms with Gasteiger partial charge < -0.3 is 10.6 Å². The van der Waals surface area contributed by atoms with Gasteiger partial charge in [-0.1, -0.05) is 13.8 Å². The van der Waals surface area contributed by atoms with Gasteiger partial charge in [0.2, 0.25) is 5.91 Å². The number of nitrogens with one attached hydrogen (secondary N) is 2. The van der Waals surface area contributed by atoms with Crippen LogP contribution in [0.4, 0.5) is 0 Å². The van der Waals surface area contributed by atoms with Gasteiger partial charge in [0.05, 0.1) is 6.04 Å². The molecule has 0 bridgehead atoms. The molecule has 0 radical (unpaired) electrons. The summed E-state index contributed by atoms with van der Waals surface area (Å²) >= 11 is 0. The van der Waals surface area contributed by atoms with Crippen LogP contribution in [0.1, 0.15) is 27.7 Å². The molecule has 2 N–H and O–H groups in total. The third-order valence-corrected chi connectivity index (χ3v) is 1.69. The molecule has 0 saturated heterocycles. The Hall–Kier alpha value is -0.570. The molecule has 3 heteroatoms. The Morgan fingerprint density at radius 2 is 1.67 bits per heavy atom. The van der Waals surface area contributed by atoms with Crippen molar-refractivity contribution in [3.63, 3.8) is 0 Å². The second kappa shape index (κ2) is 5.14. The minimum absolute atomic E-state index is 0.0765. The molecule has 0 aliphatic heterocycles. The maximum Gasteiger partial charge on any atom is 0.237 e. The summed E-state index contributed by atoms with van der Waals surface area (Å²) in [7, 11) is 1.81. The predicted molar refractivity (Wildman–Crippen MR) is 51.0 cm³/mol. The number of rotatable bonds is 4. The first-order valence-electron chi connectivity index (χ1n) is 4.46. The van der Waals surface area contributed by atoms with E-state index < -0.39 is 0 Å².